The molecule has 1 unspecified atom stereocenters. The van der Waals surface area contributed by atoms with Crippen molar-refractivity contribution < 1.29 is 14.7 Å². The maximum absolute atomic E-state index is 12.6. The van der Waals surface area contributed by atoms with Gasteiger partial charge in [-0.05, 0) is 81.0 Å². The summed E-state index contributed by atoms with van der Waals surface area (Å²) in [4.78, 5) is 47.0. The van der Waals surface area contributed by atoms with Gasteiger partial charge in [0.05, 0.1) is 12.1 Å². The molecule has 0 radical (unpaired) electrons. The molecular formula is C33H40N8O3. The van der Waals surface area contributed by atoms with Gasteiger partial charge in [-0.25, -0.2) is 19.7 Å². The first-order chi connectivity index (χ1) is 21.4. The van der Waals surface area contributed by atoms with Crippen molar-refractivity contribution in [2.24, 2.45) is 0 Å². The summed E-state index contributed by atoms with van der Waals surface area (Å²) < 4.78 is 0. The SMILES string of the molecule is CN(C)C(=O)CN(CCCCc1ccc2c(n1)NCCC2)CCC(Nc1nc(-c2cccnc2)nc2ccccc12)C(=O)O. The number of pyridine rings is 2. The van der Waals surface area contributed by atoms with Crippen molar-refractivity contribution in [3.05, 3.63) is 72.2 Å². The third-order valence-electron chi connectivity index (χ3n) is 7.83. The zero-order chi connectivity index (χ0) is 30.9. The Morgan fingerprint density at radius 1 is 1.02 bits per heavy atom. The number of rotatable bonds is 14. The molecule has 11 nitrogen and oxygen atoms in total. The summed E-state index contributed by atoms with van der Waals surface area (Å²) in [7, 11) is 3.47. The first-order valence-corrected chi connectivity index (χ1v) is 15.2. The number of carboxylic acids is 1. The van der Waals surface area contributed by atoms with E-state index < -0.39 is 12.0 Å². The summed E-state index contributed by atoms with van der Waals surface area (Å²) in [6.07, 6.45) is 8.48. The van der Waals surface area contributed by atoms with Gasteiger partial charge < -0.3 is 20.6 Å². The number of fused-ring (bicyclic) bond motifs is 2. The van der Waals surface area contributed by atoms with Gasteiger partial charge in [0.2, 0.25) is 5.91 Å². The second-order valence-corrected chi connectivity index (χ2v) is 11.3. The van der Waals surface area contributed by atoms with E-state index in [2.05, 4.69) is 32.7 Å². The van der Waals surface area contributed by atoms with Crippen LogP contribution in [0.2, 0.25) is 0 Å². The molecule has 0 saturated carbocycles. The zero-order valence-electron chi connectivity index (χ0n) is 25.4. The molecule has 1 aliphatic rings. The molecule has 11 heteroatoms. The predicted octanol–water partition coefficient (Wildman–Crippen LogP) is 4.11. The summed E-state index contributed by atoms with van der Waals surface area (Å²) in [6, 6.07) is 14.6. The molecule has 0 bridgehead atoms. The maximum Gasteiger partial charge on any atom is 0.326 e. The molecule has 1 aliphatic heterocycles. The fourth-order valence-electron chi connectivity index (χ4n) is 5.30. The van der Waals surface area contributed by atoms with Crippen LogP contribution in [0.15, 0.2) is 60.9 Å². The molecule has 4 heterocycles. The fourth-order valence-corrected chi connectivity index (χ4v) is 5.30. The number of hydrogen-bond acceptors (Lipinski definition) is 9. The number of nitrogens with zero attached hydrogens (tertiary/aromatic N) is 6. The highest BCUT2D eigenvalue weighted by atomic mass is 16.4. The average molecular weight is 597 g/mol. The maximum atomic E-state index is 12.6. The largest absolute Gasteiger partial charge is 0.480 e. The standard InChI is InChI=1S/C33H40N8O3/c1-40(2)29(42)22-41(19-6-5-11-25-15-14-23-9-8-18-35-30(23)36-25)20-16-28(33(43)44)38-32-26-12-3-4-13-27(26)37-31(39-32)24-10-7-17-34-21-24/h3-4,7,10,12-15,17,21,28H,5-6,8-9,11,16,18-20,22H2,1-2H3,(H,35,36)(H,43,44)(H,37,38,39). The Labute approximate surface area is 257 Å². The van der Waals surface area contributed by atoms with Crippen LogP contribution in [0, 0.1) is 0 Å². The summed E-state index contributed by atoms with van der Waals surface area (Å²) in [6.45, 7) is 2.30. The molecule has 0 spiro atoms. The van der Waals surface area contributed by atoms with Crippen molar-refractivity contribution in [1.29, 1.82) is 0 Å². The van der Waals surface area contributed by atoms with Gasteiger partial charge >= 0.3 is 5.97 Å². The smallest absolute Gasteiger partial charge is 0.326 e. The van der Waals surface area contributed by atoms with Crippen LogP contribution in [0.4, 0.5) is 11.6 Å². The van der Waals surface area contributed by atoms with Gasteiger partial charge in [-0.15, -0.1) is 0 Å². The van der Waals surface area contributed by atoms with Gasteiger partial charge in [-0.1, -0.05) is 18.2 Å². The van der Waals surface area contributed by atoms with E-state index in [1.54, 1.807) is 31.4 Å². The third kappa shape index (κ3) is 8.04. The molecule has 3 aromatic heterocycles. The van der Waals surface area contributed by atoms with Crippen molar-refractivity contribution in [1.82, 2.24) is 29.7 Å². The number of unbranched alkanes of at least 4 members (excludes halogenated alkanes) is 1. The minimum absolute atomic E-state index is 0.0184. The lowest BCUT2D eigenvalue weighted by Gasteiger charge is -2.25. The number of hydrogen-bond donors (Lipinski definition) is 3. The Hall–Kier alpha value is -4.64. The van der Waals surface area contributed by atoms with Crippen molar-refractivity contribution in [3.63, 3.8) is 0 Å². The van der Waals surface area contributed by atoms with Gasteiger partial charge in [-0.3, -0.25) is 14.7 Å². The lowest BCUT2D eigenvalue weighted by atomic mass is 10.1. The lowest BCUT2D eigenvalue weighted by molar-refractivity contribution is -0.138. The highest BCUT2D eigenvalue weighted by Gasteiger charge is 2.22. The van der Waals surface area contributed by atoms with E-state index in [-0.39, 0.29) is 18.9 Å². The monoisotopic (exact) mass is 596 g/mol. The number of anilines is 2. The molecule has 230 valence electrons. The normalized spacial score (nSPS) is 13.2. The molecule has 1 aromatic carbocycles. The first kappa shape index (κ1) is 30.8. The van der Waals surface area contributed by atoms with Crippen LogP contribution in [-0.2, 0) is 22.4 Å². The fraction of sp³-hybridized carbons (Fsp3) is 0.394. The summed E-state index contributed by atoms with van der Waals surface area (Å²) >= 11 is 0. The predicted molar refractivity (Wildman–Crippen MR) is 172 cm³/mol. The number of para-hydroxylation sites is 1. The Morgan fingerprint density at radius 2 is 1.89 bits per heavy atom. The minimum Gasteiger partial charge on any atom is -0.480 e. The van der Waals surface area contributed by atoms with Crippen molar-refractivity contribution in [2.45, 2.75) is 44.6 Å². The van der Waals surface area contributed by atoms with Gasteiger partial charge in [0.1, 0.15) is 17.7 Å². The number of aryl methyl sites for hydroxylation is 2. The summed E-state index contributed by atoms with van der Waals surface area (Å²) in [5.74, 6) is 0.913. The van der Waals surface area contributed by atoms with E-state index in [0.29, 0.717) is 30.2 Å². The van der Waals surface area contributed by atoms with Crippen LogP contribution < -0.4 is 10.6 Å². The molecule has 1 atom stereocenters. The van der Waals surface area contributed by atoms with Crippen LogP contribution in [0.1, 0.15) is 36.9 Å². The van der Waals surface area contributed by atoms with Crippen molar-refractivity contribution in [2.75, 3.05) is 50.9 Å². The van der Waals surface area contributed by atoms with E-state index in [9.17, 15) is 14.7 Å². The molecular weight excluding hydrogens is 556 g/mol. The minimum atomic E-state index is -0.985. The molecule has 0 aliphatic carbocycles. The number of aromatic nitrogens is 4. The number of benzene rings is 1. The number of likely N-dealkylation sites (N-methyl/N-ethyl adjacent to an activating group) is 1. The lowest BCUT2D eigenvalue weighted by Crippen LogP contribution is -2.40. The summed E-state index contributed by atoms with van der Waals surface area (Å²) in [5.41, 5.74) is 3.78. The second-order valence-electron chi connectivity index (χ2n) is 11.3. The molecule has 0 fully saturated rings. The van der Waals surface area contributed by atoms with Gasteiger partial charge in [0.15, 0.2) is 5.82 Å². The first-order valence-electron chi connectivity index (χ1n) is 15.2. The molecule has 1 amide bonds. The number of aliphatic carboxylic acids is 1. The number of carbonyl (C=O) groups excluding carboxylic acids is 1. The molecule has 0 saturated heterocycles. The van der Waals surface area contributed by atoms with Crippen molar-refractivity contribution >= 4 is 34.4 Å². The van der Waals surface area contributed by atoms with E-state index in [1.807, 2.05) is 41.3 Å². The quantitative estimate of drug-likeness (QED) is 0.182. The molecule has 5 rings (SSSR count). The molecule has 4 aromatic rings. The van der Waals surface area contributed by atoms with E-state index in [4.69, 9.17) is 9.97 Å². The molecule has 3 N–H and O–H groups in total. The number of carbonyl (C=O) groups is 2. The van der Waals surface area contributed by atoms with Gasteiger partial charge in [0, 0.05) is 56.2 Å². The van der Waals surface area contributed by atoms with Crippen molar-refractivity contribution in [3.8, 4) is 11.4 Å². The van der Waals surface area contributed by atoms with Crippen LogP contribution in [0.3, 0.4) is 0 Å². The highest BCUT2D eigenvalue weighted by Crippen LogP contribution is 2.26. The highest BCUT2D eigenvalue weighted by molar-refractivity contribution is 5.92. The van der Waals surface area contributed by atoms with E-state index >= 15 is 0 Å². The van der Waals surface area contributed by atoms with E-state index in [0.717, 1.165) is 61.1 Å². The topological polar surface area (TPSA) is 136 Å². The number of nitrogens with one attached hydrogen (secondary N) is 2. The Bertz CT molecular complexity index is 1580. The summed E-state index contributed by atoms with van der Waals surface area (Å²) in [5, 5.41) is 17.5. The molecule has 44 heavy (non-hydrogen) atoms. The van der Waals surface area contributed by atoms with Crippen LogP contribution in [0.5, 0.6) is 0 Å². The number of carboxylic acid groups (broad SMARTS) is 1. The van der Waals surface area contributed by atoms with Gasteiger partial charge in [-0.2, -0.15) is 0 Å². The second kappa shape index (κ2) is 14.7. The van der Waals surface area contributed by atoms with Crippen LogP contribution in [0.25, 0.3) is 22.3 Å². The van der Waals surface area contributed by atoms with E-state index in [1.165, 1.54) is 5.56 Å². The number of amides is 1. The Kier molecular flexibility index (Phi) is 10.3. The van der Waals surface area contributed by atoms with Crippen LogP contribution in [-0.4, -0.2) is 93.0 Å². The Balaban J connectivity index is 1.25. The zero-order valence-corrected chi connectivity index (χ0v) is 25.4. The average Bonchev–Trinajstić information content (AvgIpc) is 3.04. The van der Waals surface area contributed by atoms with Crippen LogP contribution >= 0.6 is 0 Å². The van der Waals surface area contributed by atoms with Gasteiger partial charge in [0.25, 0.3) is 0 Å². The third-order valence-corrected chi connectivity index (χ3v) is 7.83. The Morgan fingerprint density at radius 3 is 2.68 bits per heavy atom.